The number of carbonyl (C=O) groups is 1. The Labute approximate surface area is 148 Å². The van der Waals surface area contributed by atoms with Gasteiger partial charge in [0.15, 0.2) is 5.71 Å². The molecule has 0 aliphatic carbocycles. The van der Waals surface area contributed by atoms with Crippen LogP contribution >= 0.6 is 0 Å². The molecule has 0 radical (unpaired) electrons. The molecule has 2 aromatic rings. The van der Waals surface area contributed by atoms with Crippen molar-refractivity contribution >= 4 is 17.4 Å². The van der Waals surface area contributed by atoms with Crippen molar-refractivity contribution in [3.8, 4) is 11.1 Å². The average Bonchev–Trinajstić information content (AvgIpc) is 2.61. The van der Waals surface area contributed by atoms with Gasteiger partial charge in [0.25, 0.3) is 0 Å². The second-order valence-electron chi connectivity index (χ2n) is 5.23. The minimum Gasteiger partial charge on any atom is -0.461 e. The van der Waals surface area contributed by atoms with Gasteiger partial charge >= 0.3 is 12.1 Å². The van der Waals surface area contributed by atoms with Gasteiger partial charge in [-0.3, -0.25) is 0 Å². The number of oxime groups is 1. The average molecular weight is 366 g/mol. The van der Waals surface area contributed by atoms with Crippen molar-refractivity contribution in [1.29, 1.82) is 0 Å². The Morgan fingerprint density at radius 1 is 1.12 bits per heavy atom. The number of para-hydroxylation sites is 1. The highest BCUT2D eigenvalue weighted by Crippen LogP contribution is 2.32. The van der Waals surface area contributed by atoms with Gasteiger partial charge in [0, 0.05) is 16.8 Å². The lowest BCUT2D eigenvalue weighted by Crippen LogP contribution is -2.22. The predicted molar refractivity (Wildman–Crippen MR) is 91.4 cm³/mol. The first-order valence-electron chi connectivity index (χ1n) is 7.76. The lowest BCUT2D eigenvalue weighted by atomic mass is 9.95. The predicted octanol–water partition coefficient (Wildman–Crippen LogP) is 4.07. The van der Waals surface area contributed by atoms with Crippen molar-refractivity contribution < 1.29 is 27.9 Å². The molecule has 0 fully saturated rings. The molecule has 0 unspecified atom stereocenters. The minimum absolute atomic E-state index is 0.0870. The fraction of sp³-hybridized carbons (Fsp3) is 0.222. The van der Waals surface area contributed by atoms with Crippen LogP contribution in [0.25, 0.3) is 11.1 Å². The number of ether oxygens (including phenoxy) is 1. The summed E-state index contributed by atoms with van der Waals surface area (Å²) in [5, 5.41) is 14.6. The number of carbonyl (C=O) groups excluding carboxylic acids is 1. The van der Waals surface area contributed by atoms with Crippen LogP contribution in [0.15, 0.2) is 53.7 Å². The summed E-state index contributed by atoms with van der Waals surface area (Å²) in [5.74, 6) is -0.830. The van der Waals surface area contributed by atoms with Crippen LogP contribution in [-0.2, 0) is 9.53 Å². The molecule has 0 atom stereocenters. The zero-order valence-electron chi connectivity index (χ0n) is 13.9. The highest BCUT2D eigenvalue weighted by molar-refractivity contribution is 6.44. The van der Waals surface area contributed by atoms with E-state index in [9.17, 15) is 23.2 Å². The summed E-state index contributed by atoms with van der Waals surface area (Å²) in [6.07, 6.45) is -4.38. The van der Waals surface area contributed by atoms with E-state index < -0.39 is 18.7 Å². The largest absolute Gasteiger partial charge is 0.461 e. The number of hydrogen-bond donors (Lipinski definition) is 2. The van der Waals surface area contributed by atoms with Crippen LogP contribution in [0.5, 0.6) is 0 Å². The monoisotopic (exact) mass is 366 g/mol. The number of benzene rings is 2. The van der Waals surface area contributed by atoms with E-state index in [1.54, 1.807) is 43.3 Å². The number of esters is 1. The van der Waals surface area contributed by atoms with E-state index in [0.29, 0.717) is 11.1 Å². The van der Waals surface area contributed by atoms with Gasteiger partial charge in [-0.25, -0.2) is 4.79 Å². The molecule has 138 valence electrons. The lowest BCUT2D eigenvalue weighted by molar-refractivity contribution is -0.135. The first-order chi connectivity index (χ1) is 12.4. The fourth-order valence-corrected chi connectivity index (χ4v) is 2.40. The molecule has 0 amide bonds. The summed E-state index contributed by atoms with van der Waals surface area (Å²) < 4.78 is 42.5. The van der Waals surface area contributed by atoms with Gasteiger partial charge in [0.2, 0.25) is 0 Å². The van der Waals surface area contributed by atoms with Gasteiger partial charge in [-0.2, -0.15) is 13.2 Å². The molecule has 0 bridgehead atoms. The van der Waals surface area contributed by atoms with Crippen LogP contribution in [0.1, 0.15) is 12.5 Å². The minimum atomic E-state index is -4.38. The second kappa shape index (κ2) is 8.37. The molecule has 2 N–H and O–H groups in total. The Kier molecular flexibility index (Phi) is 6.21. The van der Waals surface area contributed by atoms with E-state index in [4.69, 9.17) is 4.74 Å². The smallest absolute Gasteiger partial charge is 0.405 e. The molecule has 0 aromatic heterocycles. The molecule has 0 aliphatic heterocycles. The van der Waals surface area contributed by atoms with Crippen molar-refractivity contribution in [3.05, 3.63) is 54.1 Å². The first kappa shape index (κ1) is 19.3. The number of alkyl halides is 3. The lowest BCUT2D eigenvalue weighted by Gasteiger charge is -2.16. The topological polar surface area (TPSA) is 70.9 Å². The number of nitrogens with zero attached hydrogens (tertiary/aromatic N) is 1. The van der Waals surface area contributed by atoms with Gasteiger partial charge in [-0.05, 0) is 18.6 Å². The molecule has 0 saturated heterocycles. The number of anilines is 1. The molecule has 2 aromatic carbocycles. The fourth-order valence-electron chi connectivity index (χ4n) is 2.40. The summed E-state index contributed by atoms with van der Waals surface area (Å²) in [6.45, 7) is 0.490. The van der Waals surface area contributed by atoms with Crippen LogP contribution in [0, 0.1) is 0 Å². The van der Waals surface area contributed by atoms with Crippen molar-refractivity contribution in [2.75, 3.05) is 18.5 Å². The van der Waals surface area contributed by atoms with E-state index in [-0.39, 0.29) is 23.6 Å². The van der Waals surface area contributed by atoms with E-state index in [2.05, 4.69) is 10.5 Å². The Hall–Kier alpha value is -3.03. The molecular formula is C18H17F3N2O3. The molecule has 0 heterocycles. The van der Waals surface area contributed by atoms with E-state index in [1.807, 2.05) is 0 Å². The highest BCUT2D eigenvalue weighted by Gasteiger charge is 2.27. The van der Waals surface area contributed by atoms with Crippen LogP contribution < -0.4 is 5.32 Å². The van der Waals surface area contributed by atoms with Gasteiger partial charge < -0.3 is 15.3 Å². The van der Waals surface area contributed by atoms with E-state index in [1.165, 1.54) is 12.1 Å². The first-order valence-corrected chi connectivity index (χ1v) is 7.76. The molecule has 5 nitrogen and oxygen atoms in total. The van der Waals surface area contributed by atoms with Crippen molar-refractivity contribution in [2.45, 2.75) is 13.1 Å². The van der Waals surface area contributed by atoms with Crippen LogP contribution in [0.3, 0.4) is 0 Å². The highest BCUT2D eigenvalue weighted by atomic mass is 19.4. The van der Waals surface area contributed by atoms with E-state index >= 15 is 0 Å². The van der Waals surface area contributed by atoms with Gasteiger partial charge in [-0.15, -0.1) is 0 Å². The Bertz CT molecular complexity index is 804. The Morgan fingerprint density at radius 3 is 2.35 bits per heavy atom. The Balaban J connectivity index is 2.49. The van der Waals surface area contributed by atoms with Crippen LogP contribution in [0.2, 0.25) is 0 Å². The third kappa shape index (κ3) is 4.75. The van der Waals surface area contributed by atoms with Crippen molar-refractivity contribution in [3.63, 3.8) is 0 Å². The summed E-state index contributed by atoms with van der Waals surface area (Å²) in [7, 11) is 0. The molecule has 0 saturated carbocycles. The Morgan fingerprint density at radius 2 is 1.73 bits per heavy atom. The standard InChI is InChI=1S/C18H17F3N2O3/c1-2-26-17(24)16(23-25)14-9-4-3-7-12(14)13-8-5-6-10-15(13)22-11-18(19,20)21/h3-10,22,25H,2,11H2,1H3. The molecular weight excluding hydrogens is 349 g/mol. The van der Waals surface area contributed by atoms with Crippen LogP contribution in [0.4, 0.5) is 18.9 Å². The van der Waals surface area contributed by atoms with Crippen LogP contribution in [-0.4, -0.2) is 36.2 Å². The zero-order valence-corrected chi connectivity index (χ0v) is 13.9. The second-order valence-corrected chi connectivity index (χ2v) is 5.23. The third-order valence-electron chi connectivity index (χ3n) is 3.45. The molecule has 0 spiro atoms. The number of rotatable bonds is 6. The maximum absolute atomic E-state index is 12.6. The molecule has 8 heteroatoms. The maximum Gasteiger partial charge on any atom is 0.405 e. The zero-order chi connectivity index (χ0) is 19.2. The number of hydrogen-bond acceptors (Lipinski definition) is 5. The maximum atomic E-state index is 12.6. The molecule has 0 aliphatic rings. The summed E-state index contributed by atoms with van der Waals surface area (Å²) in [5.41, 5.74) is 1.01. The summed E-state index contributed by atoms with van der Waals surface area (Å²) >= 11 is 0. The van der Waals surface area contributed by atoms with E-state index in [0.717, 1.165) is 0 Å². The van der Waals surface area contributed by atoms with Gasteiger partial charge in [0.1, 0.15) is 6.54 Å². The third-order valence-corrected chi connectivity index (χ3v) is 3.45. The molecule has 2 rings (SSSR count). The van der Waals surface area contributed by atoms with Gasteiger partial charge in [-0.1, -0.05) is 47.6 Å². The van der Waals surface area contributed by atoms with Crippen molar-refractivity contribution in [2.24, 2.45) is 5.16 Å². The number of halogens is 3. The van der Waals surface area contributed by atoms with Crippen molar-refractivity contribution in [1.82, 2.24) is 0 Å². The SMILES string of the molecule is CCOC(=O)C(=NO)c1ccccc1-c1ccccc1NCC(F)(F)F. The summed E-state index contributed by atoms with van der Waals surface area (Å²) in [6, 6.07) is 12.8. The van der Waals surface area contributed by atoms with Gasteiger partial charge in [0.05, 0.1) is 6.61 Å². The normalized spacial score (nSPS) is 11.9. The number of nitrogens with one attached hydrogen (secondary N) is 1. The molecule has 26 heavy (non-hydrogen) atoms. The quantitative estimate of drug-likeness (QED) is 0.350. The summed E-state index contributed by atoms with van der Waals surface area (Å²) in [4.78, 5) is 12.0.